The molecule has 7 nitrogen and oxygen atoms in total. The Labute approximate surface area is 210 Å². The van der Waals surface area contributed by atoms with Crippen molar-refractivity contribution >= 4 is 15.9 Å². The van der Waals surface area contributed by atoms with Crippen LogP contribution in [0.25, 0.3) is 0 Å². The molecule has 1 N–H and O–H groups in total. The number of likely N-dealkylation sites (N-methyl/N-ethyl adjacent to an activating group) is 1. The van der Waals surface area contributed by atoms with Crippen molar-refractivity contribution in [3.8, 4) is 0 Å². The standard InChI is InChI=1S/C27H38N4O3S/c1-21-9-10-25(19-22(21)2)35(33,34)31-13-11-24(12-14-31)27(32)28-26(23-7-5-4-6-8-23)20-30-17-15-29(3)16-18-30/h4-10,19,24,26H,11-18,20H2,1-3H3,(H,28,32). The Morgan fingerprint density at radius 3 is 2.23 bits per heavy atom. The number of aryl methyl sites for hydroxylation is 2. The van der Waals surface area contributed by atoms with Crippen LogP contribution in [0.1, 0.15) is 35.6 Å². The van der Waals surface area contributed by atoms with E-state index in [9.17, 15) is 13.2 Å². The van der Waals surface area contributed by atoms with Gasteiger partial charge in [0, 0.05) is 51.7 Å². The van der Waals surface area contributed by atoms with Gasteiger partial charge in [-0.15, -0.1) is 0 Å². The smallest absolute Gasteiger partial charge is 0.243 e. The van der Waals surface area contributed by atoms with Gasteiger partial charge in [-0.25, -0.2) is 8.42 Å². The van der Waals surface area contributed by atoms with Crippen molar-refractivity contribution in [3.63, 3.8) is 0 Å². The first-order chi connectivity index (χ1) is 16.7. The number of amides is 1. The number of nitrogens with one attached hydrogen (secondary N) is 1. The zero-order valence-electron chi connectivity index (χ0n) is 21.1. The van der Waals surface area contributed by atoms with E-state index < -0.39 is 10.0 Å². The molecular weight excluding hydrogens is 460 g/mol. The van der Waals surface area contributed by atoms with Crippen LogP contribution in [-0.4, -0.2) is 81.3 Å². The predicted molar refractivity (Wildman–Crippen MR) is 139 cm³/mol. The summed E-state index contributed by atoms with van der Waals surface area (Å²) < 4.78 is 27.8. The van der Waals surface area contributed by atoms with E-state index in [1.54, 1.807) is 12.1 Å². The maximum absolute atomic E-state index is 13.3. The minimum atomic E-state index is -3.55. The Morgan fingerprint density at radius 1 is 0.943 bits per heavy atom. The van der Waals surface area contributed by atoms with Crippen LogP contribution in [0.3, 0.4) is 0 Å². The number of hydrogen-bond donors (Lipinski definition) is 1. The molecule has 0 saturated carbocycles. The molecule has 2 aliphatic rings. The van der Waals surface area contributed by atoms with Gasteiger partial charge in [0.2, 0.25) is 15.9 Å². The minimum absolute atomic E-state index is 0.0243. The van der Waals surface area contributed by atoms with Crippen molar-refractivity contribution in [3.05, 3.63) is 65.2 Å². The number of sulfonamides is 1. The number of nitrogens with zero attached hydrogens (tertiary/aromatic N) is 3. The number of piperazine rings is 1. The minimum Gasteiger partial charge on any atom is -0.348 e. The molecule has 0 aromatic heterocycles. The molecule has 8 heteroatoms. The lowest BCUT2D eigenvalue weighted by atomic mass is 9.96. The fourth-order valence-corrected chi connectivity index (χ4v) is 6.44. The zero-order valence-corrected chi connectivity index (χ0v) is 21.9. The quantitative estimate of drug-likeness (QED) is 0.636. The molecule has 2 aliphatic heterocycles. The van der Waals surface area contributed by atoms with Crippen molar-refractivity contribution in [1.82, 2.24) is 19.4 Å². The largest absolute Gasteiger partial charge is 0.348 e. The molecule has 2 fully saturated rings. The van der Waals surface area contributed by atoms with Gasteiger partial charge in [0.15, 0.2) is 0 Å². The van der Waals surface area contributed by atoms with Crippen molar-refractivity contribution in [2.24, 2.45) is 5.92 Å². The third-order valence-electron chi connectivity index (χ3n) is 7.50. The molecule has 2 aromatic rings. The Kier molecular flexibility index (Phi) is 8.27. The summed E-state index contributed by atoms with van der Waals surface area (Å²) in [5.74, 6) is -0.156. The van der Waals surface area contributed by atoms with Crippen LogP contribution in [0.15, 0.2) is 53.4 Å². The van der Waals surface area contributed by atoms with Gasteiger partial charge in [-0.1, -0.05) is 36.4 Å². The first-order valence-corrected chi connectivity index (χ1v) is 14.0. The van der Waals surface area contributed by atoms with E-state index in [0.717, 1.165) is 49.4 Å². The van der Waals surface area contributed by atoms with Crippen LogP contribution in [0.2, 0.25) is 0 Å². The van der Waals surface area contributed by atoms with E-state index in [1.807, 2.05) is 38.1 Å². The maximum Gasteiger partial charge on any atom is 0.243 e. The van der Waals surface area contributed by atoms with Gasteiger partial charge in [-0.3, -0.25) is 9.69 Å². The van der Waals surface area contributed by atoms with E-state index in [2.05, 4.69) is 34.3 Å². The molecule has 0 aliphatic carbocycles. The fourth-order valence-electron chi connectivity index (χ4n) is 4.88. The molecule has 1 amide bonds. The van der Waals surface area contributed by atoms with E-state index in [-0.39, 0.29) is 17.9 Å². The Balaban J connectivity index is 1.38. The first-order valence-electron chi connectivity index (χ1n) is 12.6. The third kappa shape index (κ3) is 6.30. The van der Waals surface area contributed by atoms with Crippen LogP contribution in [0.5, 0.6) is 0 Å². The second-order valence-electron chi connectivity index (χ2n) is 10.0. The summed E-state index contributed by atoms with van der Waals surface area (Å²) in [6.45, 7) is 9.45. The van der Waals surface area contributed by atoms with Crippen LogP contribution in [0.4, 0.5) is 0 Å². The number of carbonyl (C=O) groups excluding carboxylic acids is 1. The molecule has 2 heterocycles. The number of piperidine rings is 1. The lowest BCUT2D eigenvalue weighted by Crippen LogP contribution is -2.49. The molecule has 1 unspecified atom stereocenters. The van der Waals surface area contributed by atoms with Gasteiger partial charge in [0.05, 0.1) is 10.9 Å². The molecule has 0 radical (unpaired) electrons. The highest BCUT2D eigenvalue weighted by Crippen LogP contribution is 2.26. The average molecular weight is 499 g/mol. The number of rotatable bonds is 7. The summed E-state index contributed by atoms with van der Waals surface area (Å²) in [6, 6.07) is 15.3. The van der Waals surface area contributed by atoms with E-state index in [0.29, 0.717) is 30.8 Å². The highest BCUT2D eigenvalue weighted by molar-refractivity contribution is 7.89. The molecule has 2 saturated heterocycles. The summed E-state index contributed by atoms with van der Waals surface area (Å²) in [4.78, 5) is 18.4. The van der Waals surface area contributed by atoms with Gasteiger partial charge in [0.25, 0.3) is 0 Å². The average Bonchev–Trinajstić information content (AvgIpc) is 2.87. The van der Waals surface area contributed by atoms with Crippen LogP contribution < -0.4 is 5.32 Å². The van der Waals surface area contributed by atoms with Gasteiger partial charge >= 0.3 is 0 Å². The predicted octanol–water partition coefficient (Wildman–Crippen LogP) is 2.81. The van der Waals surface area contributed by atoms with Crippen LogP contribution in [-0.2, 0) is 14.8 Å². The molecule has 35 heavy (non-hydrogen) atoms. The van der Waals surface area contributed by atoms with E-state index in [1.165, 1.54) is 4.31 Å². The molecule has 190 valence electrons. The molecule has 1 atom stereocenters. The zero-order chi connectivity index (χ0) is 25.0. The SMILES string of the molecule is Cc1ccc(S(=O)(=O)N2CCC(C(=O)NC(CN3CCN(C)CC3)c3ccccc3)CC2)cc1C. The highest BCUT2D eigenvalue weighted by atomic mass is 32.2. The normalized spacial score (nSPS) is 20.0. The Morgan fingerprint density at radius 2 is 1.60 bits per heavy atom. The maximum atomic E-state index is 13.3. The summed E-state index contributed by atoms with van der Waals surface area (Å²) >= 11 is 0. The van der Waals surface area contributed by atoms with Crippen molar-refractivity contribution < 1.29 is 13.2 Å². The van der Waals surface area contributed by atoms with Gasteiger partial charge in [-0.05, 0) is 62.6 Å². The van der Waals surface area contributed by atoms with E-state index >= 15 is 0 Å². The molecular formula is C27H38N4O3S. The summed E-state index contributed by atoms with van der Waals surface area (Å²) in [6.07, 6.45) is 1.07. The molecule has 4 rings (SSSR count). The lowest BCUT2D eigenvalue weighted by molar-refractivity contribution is -0.127. The van der Waals surface area contributed by atoms with E-state index in [4.69, 9.17) is 0 Å². The van der Waals surface area contributed by atoms with Crippen molar-refractivity contribution in [2.45, 2.75) is 37.6 Å². The Bertz CT molecular complexity index is 1110. The summed E-state index contributed by atoms with van der Waals surface area (Å²) in [5.41, 5.74) is 3.14. The highest BCUT2D eigenvalue weighted by Gasteiger charge is 2.33. The molecule has 0 spiro atoms. The Hall–Kier alpha value is -2.26. The second-order valence-corrected chi connectivity index (χ2v) is 11.9. The number of carbonyl (C=O) groups is 1. The summed E-state index contributed by atoms with van der Waals surface area (Å²) in [7, 11) is -1.41. The molecule has 2 aromatic carbocycles. The number of benzene rings is 2. The van der Waals surface area contributed by atoms with Gasteiger partial charge in [-0.2, -0.15) is 4.31 Å². The van der Waals surface area contributed by atoms with Crippen molar-refractivity contribution in [1.29, 1.82) is 0 Å². The molecule has 0 bridgehead atoms. The van der Waals surface area contributed by atoms with Gasteiger partial charge in [0.1, 0.15) is 0 Å². The topological polar surface area (TPSA) is 73.0 Å². The fraction of sp³-hybridized carbons (Fsp3) is 0.519. The van der Waals surface area contributed by atoms with Crippen molar-refractivity contribution in [2.75, 3.05) is 52.9 Å². The monoisotopic (exact) mass is 498 g/mol. The number of hydrogen-bond acceptors (Lipinski definition) is 5. The van der Waals surface area contributed by atoms with Gasteiger partial charge < -0.3 is 10.2 Å². The first kappa shape index (κ1) is 25.8. The summed E-state index contributed by atoms with van der Waals surface area (Å²) in [5, 5.41) is 3.30. The lowest BCUT2D eigenvalue weighted by Gasteiger charge is -2.36. The van der Waals surface area contributed by atoms with Crippen LogP contribution >= 0.6 is 0 Å². The third-order valence-corrected chi connectivity index (χ3v) is 9.39. The second kappa shape index (κ2) is 11.2. The van der Waals surface area contributed by atoms with Crippen LogP contribution in [0, 0.1) is 19.8 Å².